The zero-order valence-corrected chi connectivity index (χ0v) is 14.4. The van der Waals surface area contributed by atoms with Crippen molar-refractivity contribution in [2.45, 2.75) is 18.9 Å². The highest BCUT2D eigenvalue weighted by atomic mass is 19.1. The van der Waals surface area contributed by atoms with Gasteiger partial charge in [-0.2, -0.15) is 5.10 Å². The number of rotatable bonds is 6. The Morgan fingerprint density at radius 2 is 1.88 bits per heavy atom. The number of nitrogens with one attached hydrogen (secondary N) is 2. The van der Waals surface area contributed by atoms with Crippen LogP contribution in [0.25, 0.3) is 22.4 Å². The molecular formula is C19H20FN5O. The van der Waals surface area contributed by atoms with Crippen molar-refractivity contribution in [3.8, 4) is 22.4 Å². The average molecular weight is 353 g/mol. The van der Waals surface area contributed by atoms with Gasteiger partial charge in [-0.05, 0) is 48.4 Å². The summed E-state index contributed by atoms with van der Waals surface area (Å²) in [6.45, 7) is 0. The molecule has 0 spiro atoms. The summed E-state index contributed by atoms with van der Waals surface area (Å²) in [5.41, 5.74) is 10.3. The zero-order chi connectivity index (χ0) is 18.5. The second kappa shape index (κ2) is 7.88. The average Bonchev–Trinajstić information content (AvgIpc) is 3.12. The molecule has 26 heavy (non-hydrogen) atoms. The fourth-order valence-corrected chi connectivity index (χ4v) is 2.81. The van der Waals surface area contributed by atoms with Gasteiger partial charge in [0.1, 0.15) is 11.5 Å². The standard InChI is InChI=1S/C19H20FN5O/c1-22-16(26)7-6-15(21)19-17(12-8-10-23-11-9-12)18(24-25-19)13-2-4-14(20)5-3-13/h2-5,8-11,15H,6-7,21H2,1H3,(H,22,26)(H,24,25). The van der Waals surface area contributed by atoms with Gasteiger partial charge in [-0.25, -0.2) is 4.39 Å². The first-order valence-electron chi connectivity index (χ1n) is 8.31. The highest BCUT2D eigenvalue weighted by Crippen LogP contribution is 2.36. The van der Waals surface area contributed by atoms with Crippen molar-refractivity contribution in [2.75, 3.05) is 7.05 Å². The second-order valence-electron chi connectivity index (χ2n) is 5.92. The molecule has 1 atom stereocenters. The third-order valence-corrected chi connectivity index (χ3v) is 4.21. The molecule has 0 bridgehead atoms. The van der Waals surface area contributed by atoms with Crippen LogP contribution in [0.5, 0.6) is 0 Å². The smallest absolute Gasteiger partial charge is 0.219 e. The quantitative estimate of drug-likeness (QED) is 0.635. The van der Waals surface area contributed by atoms with E-state index in [1.54, 1.807) is 31.6 Å². The molecule has 3 rings (SSSR count). The van der Waals surface area contributed by atoms with E-state index in [1.165, 1.54) is 12.1 Å². The molecular weight excluding hydrogens is 333 g/mol. The lowest BCUT2D eigenvalue weighted by Gasteiger charge is -2.13. The van der Waals surface area contributed by atoms with Gasteiger partial charge in [0, 0.05) is 43.0 Å². The van der Waals surface area contributed by atoms with E-state index in [4.69, 9.17) is 5.73 Å². The zero-order valence-electron chi connectivity index (χ0n) is 14.4. The number of H-pyrrole nitrogens is 1. The van der Waals surface area contributed by atoms with Crippen LogP contribution in [0.3, 0.4) is 0 Å². The first-order chi connectivity index (χ1) is 12.6. The van der Waals surface area contributed by atoms with Gasteiger partial charge >= 0.3 is 0 Å². The second-order valence-corrected chi connectivity index (χ2v) is 5.92. The molecule has 1 aromatic carbocycles. The molecule has 6 nitrogen and oxygen atoms in total. The van der Waals surface area contributed by atoms with E-state index in [1.807, 2.05) is 12.1 Å². The fourth-order valence-electron chi connectivity index (χ4n) is 2.81. The molecule has 0 aliphatic heterocycles. The van der Waals surface area contributed by atoms with Crippen molar-refractivity contribution in [3.05, 3.63) is 60.3 Å². The van der Waals surface area contributed by atoms with E-state index in [0.29, 0.717) is 18.5 Å². The van der Waals surface area contributed by atoms with Crippen molar-refractivity contribution in [3.63, 3.8) is 0 Å². The van der Waals surface area contributed by atoms with Crippen LogP contribution in [0, 0.1) is 5.82 Å². The molecule has 1 amide bonds. The molecule has 2 heterocycles. The van der Waals surface area contributed by atoms with Gasteiger partial charge in [0.05, 0.1) is 5.69 Å². The molecule has 4 N–H and O–H groups in total. The Labute approximate surface area is 150 Å². The van der Waals surface area contributed by atoms with E-state index in [0.717, 1.165) is 22.4 Å². The lowest BCUT2D eigenvalue weighted by atomic mass is 9.95. The molecule has 0 aliphatic carbocycles. The minimum atomic E-state index is -0.392. The summed E-state index contributed by atoms with van der Waals surface area (Å²) in [6.07, 6.45) is 4.17. The molecule has 0 saturated heterocycles. The highest BCUT2D eigenvalue weighted by molar-refractivity contribution is 5.83. The maximum Gasteiger partial charge on any atom is 0.219 e. The fraction of sp³-hybridized carbons (Fsp3) is 0.211. The summed E-state index contributed by atoms with van der Waals surface area (Å²) in [7, 11) is 1.60. The number of carbonyl (C=O) groups excluding carboxylic acids is 1. The molecule has 7 heteroatoms. The molecule has 0 saturated carbocycles. The summed E-state index contributed by atoms with van der Waals surface area (Å²) in [5, 5.41) is 10.0. The monoisotopic (exact) mass is 353 g/mol. The van der Waals surface area contributed by atoms with Crippen LogP contribution in [0.15, 0.2) is 48.8 Å². The van der Waals surface area contributed by atoms with Crippen molar-refractivity contribution >= 4 is 5.91 Å². The van der Waals surface area contributed by atoms with Crippen LogP contribution in [-0.2, 0) is 4.79 Å². The number of hydrogen-bond acceptors (Lipinski definition) is 4. The number of nitrogens with two attached hydrogens (primary N) is 1. The number of aromatic amines is 1. The predicted molar refractivity (Wildman–Crippen MR) is 97.4 cm³/mol. The summed E-state index contributed by atoms with van der Waals surface area (Å²) >= 11 is 0. The summed E-state index contributed by atoms with van der Waals surface area (Å²) in [4.78, 5) is 15.6. The minimum absolute atomic E-state index is 0.0656. The Morgan fingerprint density at radius 3 is 2.54 bits per heavy atom. The molecule has 1 unspecified atom stereocenters. The van der Waals surface area contributed by atoms with Gasteiger partial charge in [0.25, 0.3) is 0 Å². The first kappa shape index (κ1) is 17.8. The van der Waals surface area contributed by atoms with Crippen LogP contribution >= 0.6 is 0 Å². The number of carbonyl (C=O) groups is 1. The molecule has 134 valence electrons. The van der Waals surface area contributed by atoms with Crippen LogP contribution in [0.2, 0.25) is 0 Å². The third-order valence-electron chi connectivity index (χ3n) is 4.21. The SMILES string of the molecule is CNC(=O)CCC(N)c1[nH]nc(-c2ccc(F)cc2)c1-c1ccncc1. The largest absolute Gasteiger partial charge is 0.359 e. The molecule has 3 aromatic rings. The van der Waals surface area contributed by atoms with Crippen molar-refractivity contribution < 1.29 is 9.18 Å². The molecule has 0 fully saturated rings. The predicted octanol–water partition coefficient (Wildman–Crippen LogP) is 2.80. The summed E-state index contributed by atoms with van der Waals surface area (Å²) in [6, 6.07) is 9.49. The van der Waals surface area contributed by atoms with Crippen molar-refractivity contribution in [1.82, 2.24) is 20.5 Å². The Balaban J connectivity index is 2.02. The van der Waals surface area contributed by atoms with Crippen LogP contribution in [0.1, 0.15) is 24.6 Å². The van der Waals surface area contributed by atoms with Gasteiger partial charge in [-0.3, -0.25) is 14.9 Å². The van der Waals surface area contributed by atoms with Gasteiger partial charge in [-0.1, -0.05) is 0 Å². The van der Waals surface area contributed by atoms with Gasteiger partial charge in [0.2, 0.25) is 5.91 Å². The van der Waals surface area contributed by atoms with Gasteiger partial charge < -0.3 is 11.1 Å². The van der Waals surface area contributed by atoms with E-state index in [2.05, 4.69) is 20.5 Å². The van der Waals surface area contributed by atoms with Gasteiger partial charge in [0.15, 0.2) is 0 Å². The normalized spacial score (nSPS) is 12.0. The van der Waals surface area contributed by atoms with E-state index >= 15 is 0 Å². The molecule has 2 aromatic heterocycles. The highest BCUT2D eigenvalue weighted by Gasteiger charge is 2.21. The Kier molecular flexibility index (Phi) is 5.38. The Bertz CT molecular complexity index is 877. The molecule has 0 aliphatic rings. The van der Waals surface area contributed by atoms with E-state index in [9.17, 15) is 9.18 Å². The van der Waals surface area contributed by atoms with Crippen LogP contribution in [0.4, 0.5) is 4.39 Å². The molecule has 0 radical (unpaired) electrons. The lowest BCUT2D eigenvalue weighted by molar-refractivity contribution is -0.120. The third kappa shape index (κ3) is 3.78. The number of aromatic nitrogens is 3. The number of benzene rings is 1. The summed E-state index contributed by atoms with van der Waals surface area (Å²) < 4.78 is 13.3. The topological polar surface area (TPSA) is 96.7 Å². The maximum atomic E-state index is 13.3. The summed E-state index contributed by atoms with van der Waals surface area (Å²) in [5.74, 6) is -0.374. The van der Waals surface area contributed by atoms with Gasteiger partial charge in [-0.15, -0.1) is 0 Å². The van der Waals surface area contributed by atoms with Crippen LogP contribution < -0.4 is 11.1 Å². The Morgan fingerprint density at radius 1 is 1.19 bits per heavy atom. The minimum Gasteiger partial charge on any atom is -0.359 e. The number of halogens is 1. The number of pyridine rings is 1. The number of hydrogen-bond donors (Lipinski definition) is 3. The van der Waals surface area contributed by atoms with Crippen molar-refractivity contribution in [2.24, 2.45) is 5.73 Å². The van der Waals surface area contributed by atoms with E-state index < -0.39 is 6.04 Å². The van der Waals surface area contributed by atoms with Crippen molar-refractivity contribution in [1.29, 1.82) is 0 Å². The first-order valence-corrected chi connectivity index (χ1v) is 8.31. The van der Waals surface area contributed by atoms with Crippen LogP contribution in [-0.4, -0.2) is 28.1 Å². The Hall–Kier alpha value is -3.06. The maximum absolute atomic E-state index is 13.3. The lowest BCUT2D eigenvalue weighted by Crippen LogP contribution is -2.20. The van der Waals surface area contributed by atoms with E-state index in [-0.39, 0.29) is 11.7 Å². The number of amides is 1. The number of nitrogens with zero attached hydrogens (tertiary/aromatic N) is 2.